The van der Waals surface area contributed by atoms with Crippen molar-refractivity contribution < 1.29 is 4.79 Å². The van der Waals surface area contributed by atoms with Crippen molar-refractivity contribution in [3.05, 3.63) is 66.2 Å². The second-order valence-electron chi connectivity index (χ2n) is 7.33. The highest BCUT2D eigenvalue weighted by Gasteiger charge is 2.21. The van der Waals surface area contributed by atoms with Crippen LogP contribution in [0.2, 0.25) is 0 Å². The lowest BCUT2D eigenvalue weighted by atomic mass is 9.96. The van der Waals surface area contributed by atoms with Crippen molar-refractivity contribution >= 4 is 5.91 Å². The monoisotopic (exact) mass is 378 g/mol. The number of aromatic nitrogens is 4. The van der Waals surface area contributed by atoms with E-state index in [4.69, 9.17) is 0 Å². The molecule has 1 aromatic carbocycles. The molecule has 1 fully saturated rings. The second kappa shape index (κ2) is 8.39. The summed E-state index contributed by atoms with van der Waals surface area (Å²) in [6.07, 6.45) is 7.77. The zero-order chi connectivity index (χ0) is 19.3. The van der Waals surface area contributed by atoms with Gasteiger partial charge in [-0.3, -0.25) is 9.48 Å². The van der Waals surface area contributed by atoms with Gasteiger partial charge in [-0.2, -0.15) is 10.2 Å². The molecule has 1 atom stereocenters. The predicted molar refractivity (Wildman–Crippen MR) is 107 cm³/mol. The van der Waals surface area contributed by atoms with Crippen molar-refractivity contribution in [2.24, 2.45) is 0 Å². The number of rotatable bonds is 6. The van der Waals surface area contributed by atoms with E-state index < -0.39 is 0 Å². The van der Waals surface area contributed by atoms with Crippen molar-refractivity contribution in [3.63, 3.8) is 0 Å². The summed E-state index contributed by atoms with van der Waals surface area (Å²) in [6, 6.07) is 12.0. The van der Waals surface area contributed by atoms with Gasteiger partial charge in [0.1, 0.15) is 6.54 Å². The maximum Gasteiger partial charge on any atom is 0.244 e. The van der Waals surface area contributed by atoms with Gasteiger partial charge in [0.25, 0.3) is 0 Å². The standard InChI is InChI=1S/C21H26N6O/c1-25(15-17-5-2-7-19(13-17)26-12-4-10-23-26)21(28)16-27-20(8-11-24-27)18-6-3-9-22-14-18/h2,4-5,7-8,10-13,18,22H,3,6,9,14-16H2,1H3. The van der Waals surface area contributed by atoms with Crippen LogP contribution < -0.4 is 5.32 Å². The van der Waals surface area contributed by atoms with Crippen LogP contribution in [0, 0.1) is 0 Å². The molecular weight excluding hydrogens is 352 g/mol. The Bertz CT molecular complexity index is 911. The van der Waals surface area contributed by atoms with Crippen LogP contribution in [0.3, 0.4) is 0 Å². The van der Waals surface area contributed by atoms with Gasteiger partial charge in [-0.05, 0) is 49.2 Å². The van der Waals surface area contributed by atoms with Crippen LogP contribution in [0.1, 0.15) is 30.0 Å². The fourth-order valence-corrected chi connectivity index (χ4v) is 3.76. The largest absolute Gasteiger partial charge is 0.340 e. The highest BCUT2D eigenvalue weighted by atomic mass is 16.2. The summed E-state index contributed by atoms with van der Waals surface area (Å²) in [5.74, 6) is 0.485. The average Bonchev–Trinajstić information content (AvgIpc) is 3.41. The number of likely N-dealkylation sites (N-methyl/N-ethyl adjacent to an activating group) is 1. The molecule has 0 saturated carbocycles. The van der Waals surface area contributed by atoms with Gasteiger partial charge in [0, 0.05) is 50.3 Å². The molecule has 1 unspecified atom stereocenters. The Balaban J connectivity index is 1.41. The molecule has 146 valence electrons. The number of nitrogens with one attached hydrogen (secondary N) is 1. The zero-order valence-corrected chi connectivity index (χ0v) is 16.2. The Morgan fingerprint density at radius 1 is 1.25 bits per heavy atom. The van der Waals surface area contributed by atoms with Crippen LogP contribution in [-0.4, -0.2) is 50.5 Å². The molecule has 7 heteroatoms. The van der Waals surface area contributed by atoms with Crippen molar-refractivity contribution in [2.45, 2.75) is 31.8 Å². The predicted octanol–water partition coefficient (Wildman–Crippen LogP) is 2.19. The fraction of sp³-hybridized carbons (Fsp3) is 0.381. The lowest BCUT2D eigenvalue weighted by molar-refractivity contribution is -0.131. The van der Waals surface area contributed by atoms with Crippen LogP contribution in [0.5, 0.6) is 0 Å². The van der Waals surface area contributed by atoms with Crippen LogP contribution in [0.25, 0.3) is 5.69 Å². The summed E-state index contributed by atoms with van der Waals surface area (Å²) in [6.45, 7) is 2.85. The minimum absolute atomic E-state index is 0.0539. The van der Waals surface area contributed by atoms with Crippen LogP contribution in [0.15, 0.2) is 55.0 Å². The number of hydrogen-bond acceptors (Lipinski definition) is 4. The number of piperidine rings is 1. The van der Waals surface area contributed by atoms with Crippen LogP contribution in [0.4, 0.5) is 0 Å². The molecule has 1 amide bonds. The Morgan fingerprint density at radius 3 is 2.96 bits per heavy atom. The van der Waals surface area contributed by atoms with Crippen molar-refractivity contribution in [2.75, 3.05) is 20.1 Å². The first-order chi connectivity index (χ1) is 13.7. The maximum atomic E-state index is 12.8. The average molecular weight is 378 g/mol. The van der Waals surface area contributed by atoms with E-state index >= 15 is 0 Å². The third-order valence-electron chi connectivity index (χ3n) is 5.27. The SMILES string of the molecule is CN(Cc1cccc(-n2cccn2)c1)C(=O)Cn1nccc1C1CCCNC1. The molecule has 0 radical (unpaired) electrons. The number of hydrogen-bond donors (Lipinski definition) is 1. The summed E-state index contributed by atoms with van der Waals surface area (Å²) in [5.41, 5.74) is 3.21. The number of benzene rings is 1. The van der Waals surface area contributed by atoms with Crippen molar-refractivity contribution in [1.82, 2.24) is 29.8 Å². The van der Waals surface area contributed by atoms with Gasteiger partial charge in [-0.15, -0.1) is 0 Å². The first-order valence-electron chi connectivity index (χ1n) is 9.76. The normalized spacial score (nSPS) is 16.8. The summed E-state index contributed by atoms with van der Waals surface area (Å²) < 4.78 is 3.68. The van der Waals surface area contributed by atoms with Gasteiger partial charge in [0.2, 0.25) is 5.91 Å². The molecule has 3 heterocycles. The van der Waals surface area contributed by atoms with Crippen molar-refractivity contribution in [3.8, 4) is 5.69 Å². The van der Waals surface area contributed by atoms with E-state index in [0.717, 1.165) is 42.9 Å². The summed E-state index contributed by atoms with van der Waals surface area (Å²) >= 11 is 0. The number of nitrogens with zero attached hydrogens (tertiary/aromatic N) is 5. The van der Waals surface area contributed by atoms with Gasteiger partial charge in [0.05, 0.1) is 5.69 Å². The third-order valence-corrected chi connectivity index (χ3v) is 5.27. The van der Waals surface area contributed by atoms with E-state index in [1.165, 1.54) is 0 Å². The zero-order valence-electron chi connectivity index (χ0n) is 16.2. The second-order valence-corrected chi connectivity index (χ2v) is 7.33. The molecular formula is C21H26N6O. The molecule has 0 bridgehead atoms. The van der Waals surface area contributed by atoms with E-state index in [9.17, 15) is 4.79 Å². The Kier molecular flexibility index (Phi) is 5.53. The topological polar surface area (TPSA) is 68.0 Å². The minimum Gasteiger partial charge on any atom is -0.340 e. The third kappa shape index (κ3) is 4.14. The summed E-state index contributed by atoms with van der Waals surface area (Å²) in [7, 11) is 1.84. The summed E-state index contributed by atoms with van der Waals surface area (Å²) in [5, 5.41) is 12.1. The maximum absolute atomic E-state index is 12.8. The molecule has 0 aliphatic carbocycles. The smallest absolute Gasteiger partial charge is 0.244 e. The summed E-state index contributed by atoms with van der Waals surface area (Å²) in [4.78, 5) is 14.6. The van der Waals surface area contributed by atoms with Gasteiger partial charge in [0.15, 0.2) is 0 Å². The van der Waals surface area contributed by atoms with Gasteiger partial charge in [-0.1, -0.05) is 12.1 Å². The molecule has 2 aromatic heterocycles. The Morgan fingerprint density at radius 2 is 2.18 bits per heavy atom. The van der Waals surface area contributed by atoms with Gasteiger partial charge < -0.3 is 10.2 Å². The van der Waals surface area contributed by atoms with Crippen molar-refractivity contribution in [1.29, 1.82) is 0 Å². The van der Waals surface area contributed by atoms with E-state index in [2.05, 4.69) is 21.6 Å². The number of amides is 1. The first-order valence-corrected chi connectivity index (χ1v) is 9.76. The Labute approximate surface area is 165 Å². The molecule has 28 heavy (non-hydrogen) atoms. The van der Waals surface area contributed by atoms with E-state index in [-0.39, 0.29) is 12.5 Å². The Hall–Kier alpha value is -2.93. The highest BCUT2D eigenvalue weighted by Crippen LogP contribution is 2.23. The number of carbonyl (C=O) groups is 1. The van der Waals surface area contributed by atoms with Crippen LogP contribution >= 0.6 is 0 Å². The molecule has 1 aliphatic heterocycles. The lowest BCUT2D eigenvalue weighted by Gasteiger charge is -2.24. The molecule has 1 aliphatic rings. The fourth-order valence-electron chi connectivity index (χ4n) is 3.76. The van der Waals surface area contributed by atoms with Gasteiger partial charge >= 0.3 is 0 Å². The number of carbonyl (C=O) groups excluding carboxylic acids is 1. The van der Waals surface area contributed by atoms with E-state index in [1.807, 2.05) is 52.9 Å². The van der Waals surface area contributed by atoms with E-state index in [0.29, 0.717) is 12.5 Å². The van der Waals surface area contributed by atoms with Gasteiger partial charge in [-0.25, -0.2) is 4.68 Å². The molecule has 1 saturated heterocycles. The van der Waals surface area contributed by atoms with Crippen LogP contribution in [-0.2, 0) is 17.9 Å². The molecule has 4 rings (SSSR count). The molecule has 1 N–H and O–H groups in total. The van der Waals surface area contributed by atoms with E-state index in [1.54, 1.807) is 17.3 Å². The quantitative estimate of drug-likeness (QED) is 0.714. The first kappa shape index (κ1) is 18.4. The molecule has 3 aromatic rings. The lowest BCUT2D eigenvalue weighted by Crippen LogP contribution is -2.33. The highest BCUT2D eigenvalue weighted by molar-refractivity contribution is 5.75. The minimum atomic E-state index is 0.0539. The molecule has 7 nitrogen and oxygen atoms in total. The molecule has 0 spiro atoms.